The summed E-state index contributed by atoms with van der Waals surface area (Å²) in [4.78, 5) is 15.1. The minimum atomic E-state index is 0.359. The lowest BCUT2D eigenvalue weighted by molar-refractivity contribution is 0.669. The van der Waals surface area contributed by atoms with Gasteiger partial charge in [0.25, 0.3) is 0 Å². The van der Waals surface area contributed by atoms with Gasteiger partial charge in [-0.15, -0.1) is 0 Å². The van der Waals surface area contributed by atoms with Gasteiger partial charge in [0.15, 0.2) is 17.5 Å². The molecular formula is C41H27N3O. The summed E-state index contributed by atoms with van der Waals surface area (Å²) in [5, 5.41) is 2.22. The highest BCUT2D eigenvalue weighted by Gasteiger charge is 2.24. The van der Waals surface area contributed by atoms with Gasteiger partial charge in [0.1, 0.15) is 11.2 Å². The van der Waals surface area contributed by atoms with E-state index in [1.165, 1.54) is 11.1 Å². The lowest BCUT2D eigenvalue weighted by Crippen LogP contribution is -2.13. The Balaban J connectivity index is 1.19. The van der Waals surface area contributed by atoms with Gasteiger partial charge in [0, 0.05) is 39.3 Å². The van der Waals surface area contributed by atoms with Crippen LogP contribution in [0.4, 0.5) is 0 Å². The van der Waals surface area contributed by atoms with E-state index in [2.05, 4.69) is 97.1 Å². The Bertz CT molecular complexity index is 2350. The van der Waals surface area contributed by atoms with E-state index >= 15 is 0 Å². The van der Waals surface area contributed by atoms with Gasteiger partial charge in [-0.25, -0.2) is 15.0 Å². The molecular weight excluding hydrogens is 550 g/mol. The molecule has 4 heteroatoms. The zero-order valence-electron chi connectivity index (χ0n) is 24.3. The SMILES string of the molecule is C1=CC2C=Cc3cc(-c4nc(-c5ccccc5)nc(-c5cccc(-c6cccc7oc8ccccc8c67)c5)n4)ccc3C2C=C1. The molecule has 45 heavy (non-hydrogen) atoms. The summed E-state index contributed by atoms with van der Waals surface area (Å²) >= 11 is 0. The Morgan fingerprint density at radius 3 is 2.09 bits per heavy atom. The molecule has 2 aliphatic carbocycles. The highest BCUT2D eigenvalue weighted by atomic mass is 16.3. The average Bonchev–Trinajstić information content (AvgIpc) is 3.51. The van der Waals surface area contributed by atoms with Crippen LogP contribution in [-0.2, 0) is 0 Å². The molecule has 0 aliphatic heterocycles. The second-order valence-corrected chi connectivity index (χ2v) is 11.6. The highest BCUT2D eigenvalue weighted by Crippen LogP contribution is 2.40. The van der Waals surface area contributed by atoms with Crippen molar-refractivity contribution in [3.05, 3.63) is 157 Å². The predicted octanol–water partition coefficient (Wildman–Crippen LogP) is 10.3. The summed E-state index contributed by atoms with van der Waals surface area (Å²) in [5.41, 5.74) is 9.35. The minimum Gasteiger partial charge on any atom is -0.456 e. The summed E-state index contributed by atoms with van der Waals surface area (Å²) in [6, 6.07) is 39.6. The molecule has 2 aromatic heterocycles. The first kappa shape index (κ1) is 25.6. The number of rotatable bonds is 4. The largest absolute Gasteiger partial charge is 0.456 e. The number of furan rings is 1. The quantitative estimate of drug-likeness (QED) is 0.209. The van der Waals surface area contributed by atoms with E-state index in [9.17, 15) is 0 Å². The highest BCUT2D eigenvalue weighted by molar-refractivity contribution is 6.12. The van der Waals surface area contributed by atoms with Crippen molar-refractivity contribution in [1.82, 2.24) is 15.0 Å². The van der Waals surface area contributed by atoms with Gasteiger partial charge in [-0.2, -0.15) is 0 Å². The maximum absolute atomic E-state index is 6.18. The van der Waals surface area contributed by atoms with Crippen molar-refractivity contribution in [1.29, 1.82) is 0 Å². The first-order chi connectivity index (χ1) is 22.3. The van der Waals surface area contributed by atoms with E-state index in [-0.39, 0.29) is 0 Å². The fourth-order valence-corrected chi connectivity index (χ4v) is 6.69. The van der Waals surface area contributed by atoms with Gasteiger partial charge in [-0.3, -0.25) is 0 Å². The Morgan fingerprint density at radius 2 is 1.20 bits per heavy atom. The molecule has 0 saturated carbocycles. The molecule has 5 aromatic carbocycles. The van der Waals surface area contributed by atoms with Crippen LogP contribution in [0.1, 0.15) is 17.0 Å². The third-order valence-corrected chi connectivity index (χ3v) is 8.88. The first-order valence-corrected chi connectivity index (χ1v) is 15.3. The number of benzene rings is 5. The minimum absolute atomic E-state index is 0.359. The monoisotopic (exact) mass is 577 g/mol. The molecule has 0 radical (unpaired) electrons. The van der Waals surface area contributed by atoms with Gasteiger partial charge < -0.3 is 4.42 Å². The molecule has 0 saturated heterocycles. The number of aromatic nitrogens is 3. The van der Waals surface area contributed by atoms with Crippen molar-refractivity contribution in [3.63, 3.8) is 0 Å². The van der Waals surface area contributed by atoms with Crippen LogP contribution in [0, 0.1) is 5.92 Å². The van der Waals surface area contributed by atoms with Crippen LogP contribution < -0.4 is 0 Å². The van der Waals surface area contributed by atoms with Crippen molar-refractivity contribution in [2.75, 3.05) is 0 Å². The topological polar surface area (TPSA) is 51.8 Å². The van der Waals surface area contributed by atoms with E-state index in [0.29, 0.717) is 29.3 Å². The van der Waals surface area contributed by atoms with Crippen molar-refractivity contribution >= 4 is 28.0 Å². The number of allylic oxidation sites excluding steroid dienone is 5. The Kier molecular flexibility index (Phi) is 5.91. The zero-order valence-corrected chi connectivity index (χ0v) is 24.3. The summed E-state index contributed by atoms with van der Waals surface area (Å²) in [7, 11) is 0. The Morgan fingerprint density at radius 1 is 0.511 bits per heavy atom. The maximum Gasteiger partial charge on any atom is 0.164 e. The molecule has 0 spiro atoms. The lowest BCUT2D eigenvalue weighted by atomic mass is 9.77. The zero-order chi connectivity index (χ0) is 29.7. The molecule has 0 amide bonds. The van der Waals surface area contributed by atoms with E-state index < -0.39 is 0 Å². The summed E-state index contributed by atoms with van der Waals surface area (Å²) < 4.78 is 6.18. The van der Waals surface area contributed by atoms with Crippen LogP contribution in [-0.4, -0.2) is 15.0 Å². The fourth-order valence-electron chi connectivity index (χ4n) is 6.69. The third-order valence-electron chi connectivity index (χ3n) is 8.88. The molecule has 2 atom stereocenters. The molecule has 9 rings (SSSR count). The predicted molar refractivity (Wildman–Crippen MR) is 182 cm³/mol. The molecule has 0 N–H and O–H groups in total. The van der Waals surface area contributed by atoms with E-state index in [1.807, 2.05) is 54.6 Å². The second-order valence-electron chi connectivity index (χ2n) is 11.6. The first-order valence-electron chi connectivity index (χ1n) is 15.3. The maximum atomic E-state index is 6.18. The number of para-hydroxylation sites is 1. The average molecular weight is 578 g/mol. The van der Waals surface area contributed by atoms with E-state index in [0.717, 1.165) is 49.8 Å². The van der Waals surface area contributed by atoms with Crippen molar-refractivity contribution in [2.45, 2.75) is 5.92 Å². The van der Waals surface area contributed by atoms with Crippen LogP contribution in [0.2, 0.25) is 0 Å². The third kappa shape index (κ3) is 4.42. The summed E-state index contributed by atoms with van der Waals surface area (Å²) in [6.07, 6.45) is 13.4. The summed E-state index contributed by atoms with van der Waals surface area (Å²) in [5.74, 6) is 2.71. The molecule has 0 fully saturated rings. The van der Waals surface area contributed by atoms with Gasteiger partial charge >= 0.3 is 0 Å². The van der Waals surface area contributed by atoms with Crippen LogP contribution in [0.25, 0.3) is 73.3 Å². The van der Waals surface area contributed by atoms with E-state index in [4.69, 9.17) is 19.4 Å². The van der Waals surface area contributed by atoms with Crippen molar-refractivity contribution in [3.8, 4) is 45.3 Å². The van der Waals surface area contributed by atoms with Gasteiger partial charge in [-0.05, 0) is 46.5 Å². The fraction of sp³-hybridized carbons (Fsp3) is 0.0488. The standard InChI is InChI=1S/C41H27N3O/c1-2-11-27(12-3-1)39-42-40(44-41(43-39)31-22-23-33-29(25-31)21-20-26-10-4-5-15-32(26)33)30-14-8-13-28(24-30)34-17-9-19-37-38(34)35-16-6-7-18-36(35)45-37/h1-26,32H. The van der Waals surface area contributed by atoms with Crippen molar-refractivity contribution < 1.29 is 4.42 Å². The molecule has 2 heterocycles. The smallest absolute Gasteiger partial charge is 0.164 e. The van der Waals surface area contributed by atoms with Crippen LogP contribution in [0.5, 0.6) is 0 Å². The van der Waals surface area contributed by atoms with E-state index in [1.54, 1.807) is 0 Å². The van der Waals surface area contributed by atoms with Gasteiger partial charge in [-0.1, -0.05) is 127 Å². The van der Waals surface area contributed by atoms with Gasteiger partial charge in [0.05, 0.1) is 0 Å². The molecule has 2 aliphatic rings. The van der Waals surface area contributed by atoms with Crippen LogP contribution in [0.3, 0.4) is 0 Å². The molecule has 4 nitrogen and oxygen atoms in total. The van der Waals surface area contributed by atoms with Crippen LogP contribution in [0.15, 0.2) is 150 Å². The number of nitrogens with zero attached hydrogens (tertiary/aromatic N) is 3. The number of hydrogen-bond donors (Lipinski definition) is 0. The Labute approximate surface area is 260 Å². The Hall–Kier alpha value is -5.87. The second kappa shape index (κ2) is 10.4. The summed E-state index contributed by atoms with van der Waals surface area (Å²) in [6.45, 7) is 0. The number of fused-ring (bicyclic) bond motifs is 6. The van der Waals surface area contributed by atoms with Gasteiger partial charge in [0.2, 0.25) is 0 Å². The molecule has 7 aromatic rings. The van der Waals surface area contributed by atoms with Crippen molar-refractivity contribution in [2.24, 2.45) is 5.92 Å². The molecule has 212 valence electrons. The molecule has 0 bridgehead atoms. The normalized spacial score (nSPS) is 16.6. The lowest BCUT2D eigenvalue weighted by Gasteiger charge is -2.27. The number of hydrogen-bond acceptors (Lipinski definition) is 4. The molecule has 2 unspecified atom stereocenters. The van der Waals surface area contributed by atoms with Crippen LogP contribution >= 0.6 is 0 Å².